The lowest BCUT2D eigenvalue weighted by Crippen LogP contribution is -2.34. The average Bonchev–Trinajstić information content (AvgIpc) is 2.68. The molecule has 0 saturated heterocycles. The van der Waals surface area contributed by atoms with Crippen LogP contribution in [0.4, 0.5) is 0 Å². The van der Waals surface area contributed by atoms with E-state index in [4.69, 9.17) is 48.5 Å². The number of aliphatic hydroxyl groups is 1. The maximum absolute atomic E-state index is 10.1. The van der Waals surface area contributed by atoms with Crippen LogP contribution in [0.5, 0.6) is 0 Å². The normalized spacial score (nSPS) is 12.1. The number of aliphatic hydroxyl groups excluding tert-OH is 1. The van der Waals surface area contributed by atoms with Crippen molar-refractivity contribution in [2.45, 2.75) is 43.8 Å². The van der Waals surface area contributed by atoms with Gasteiger partial charge in [0, 0.05) is 0 Å². The van der Waals surface area contributed by atoms with Crippen molar-refractivity contribution in [3.63, 3.8) is 0 Å². The van der Waals surface area contributed by atoms with Crippen LogP contribution in [0, 0.1) is 0 Å². The summed E-state index contributed by atoms with van der Waals surface area (Å²) < 4.78 is 0. The van der Waals surface area contributed by atoms with Crippen LogP contribution in [0.15, 0.2) is 0 Å². The van der Waals surface area contributed by atoms with Gasteiger partial charge in [-0.05, 0) is 19.4 Å². The highest BCUT2D eigenvalue weighted by Crippen LogP contribution is 1.97. The summed E-state index contributed by atoms with van der Waals surface area (Å²) in [6.07, 6.45) is 1.85. The predicted molar refractivity (Wildman–Crippen MR) is 107 cm³/mol. The van der Waals surface area contributed by atoms with Crippen molar-refractivity contribution >= 4 is 29.8 Å². The summed E-state index contributed by atoms with van der Waals surface area (Å²) in [6, 6.07) is -3.01. The molecule has 0 aromatic rings. The Morgan fingerprint density at radius 3 is 1.26 bits per heavy atom. The first kappa shape index (κ1) is 35.5. The molecule has 0 spiro atoms. The Hall–Kier alpha value is -2.89. The largest absolute Gasteiger partial charge is 0.480 e. The summed E-state index contributed by atoms with van der Waals surface area (Å²) in [7, 11) is 0. The fourth-order valence-corrected chi connectivity index (χ4v) is 1.01. The molecule has 31 heavy (non-hydrogen) atoms. The monoisotopic (exact) mass is 458 g/mol. The number of carbonyl (C=O) groups excluding carboxylic acids is 1. The van der Waals surface area contributed by atoms with E-state index < -0.39 is 54.5 Å². The van der Waals surface area contributed by atoms with E-state index >= 15 is 0 Å². The van der Waals surface area contributed by atoms with Crippen molar-refractivity contribution < 1.29 is 49.5 Å². The van der Waals surface area contributed by atoms with Gasteiger partial charge in [0.1, 0.15) is 18.1 Å². The smallest absolute Gasteiger partial charge is 0.322 e. The minimum Gasteiger partial charge on any atom is -0.480 e. The third kappa shape index (κ3) is 35.0. The molecule has 0 aliphatic carbocycles. The number of carboxylic acids is 4. The van der Waals surface area contributed by atoms with Gasteiger partial charge < -0.3 is 59.9 Å². The van der Waals surface area contributed by atoms with Gasteiger partial charge >= 0.3 is 23.9 Å². The van der Waals surface area contributed by atoms with E-state index in [1.807, 2.05) is 0 Å². The molecule has 0 radical (unpaired) electrons. The zero-order valence-corrected chi connectivity index (χ0v) is 16.9. The molecule has 184 valence electrons. The molecule has 17 N–H and O–H groups in total. The molecule has 0 aliphatic heterocycles. The van der Waals surface area contributed by atoms with Crippen LogP contribution in [0.3, 0.4) is 0 Å². The summed E-state index contributed by atoms with van der Waals surface area (Å²) in [5.41, 5.74) is 29.3. The molecule has 0 unspecified atom stereocenters. The summed E-state index contributed by atoms with van der Waals surface area (Å²) in [5, 5.41) is 39.9. The maximum Gasteiger partial charge on any atom is 0.322 e. The maximum atomic E-state index is 10.1. The lowest BCUT2D eigenvalue weighted by molar-refractivity contribution is -0.140. The van der Waals surface area contributed by atoms with Gasteiger partial charge in [-0.15, -0.1) is 0 Å². The van der Waals surface area contributed by atoms with Crippen LogP contribution in [-0.4, -0.2) is 93.1 Å². The van der Waals surface area contributed by atoms with Gasteiger partial charge in [-0.1, -0.05) is 6.42 Å². The van der Waals surface area contributed by atoms with Gasteiger partial charge in [-0.25, -0.2) is 0 Å². The Labute approximate surface area is 178 Å². The number of aliphatic carboxylic acids is 4. The number of hydrogen-bond donors (Lipinski definition) is 11. The lowest BCUT2D eigenvalue weighted by atomic mass is 10.1. The molecule has 0 fully saturated rings. The van der Waals surface area contributed by atoms with Crippen LogP contribution in [0.1, 0.15) is 25.7 Å². The zero-order valence-electron chi connectivity index (χ0n) is 16.9. The van der Waals surface area contributed by atoms with Crippen molar-refractivity contribution in [3.05, 3.63) is 0 Å². The van der Waals surface area contributed by atoms with Crippen molar-refractivity contribution in [2.24, 2.45) is 34.4 Å². The Balaban J connectivity index is -0.000000161. The fraction of sp³-hybridized carbons (Fsp3) is 0.667. The quantitative estimate of drug-likeness (QED) is 0.129. The van der Waals surface area contributed by atoms with Gasteiger partial charge in [-0.2, -0.15) is 0 Å². The highest BCUT2D eigenvalue weighted by molar-refractivity contribution is 5.83. The van der Waals surface area contributed by atoms with Crippen molar-refractivity contribution in [1.29, 1.82) is 0 Å². The number of carboxylic acid groups (broad SMARTS) is 4. The Kier molecular flexibility index (Phi) is 26.8. The summed E-state index contributed by atoms with van der Waals surface area (Å²) in [4.78, 5) is 48.9. The van der Waals surface area contributed by atoms with E-state index in [1.54, 1.807) is 0 Å². The first-order valence-corrected chi connectivity index (χ1v) is 8.63. The summed E-state index contributed by atoms with van der Waals surface area (Å²) in [6.45, 7) is -0.179. The number of carbonyl (C=O) groups is 5. The van der Waals surface area contributed by atoms with Crippen LogP contribution < -0.4 is 34.4 Å². The molecular formula is C15H34N6O10. The van der Waals surface area contributed by atoms with E-state index in [1.165, 1.54) is 0 Å². The van der Waals surface area contributed by atoms with Gasteiger partial charge in [-0.3, -0.25) is 24.0 Å². The summed E-state index contributed by atoms with van der Waals surface area (Å²) >= 11 is 0. The third-order valence-electron chi connectivity index (χ3n) is 2.71. The molecule has 16 heteroatoms. The van der Waals surface area contributed by atoms with Crippen LogP contribution in [-0.2, 0) is 24.0 Å². The molecule has 0 aromatic heterocycles. The Morgan fingerprint density at radius 2 is 1.10 bits per heavy atom. The second-order valence-corrected chi connectivity index (χ2v) is 5.57. The molecular weight excluding hydrogens is 424 g/mol. The molecule has 0 rings (SSSR count). The molecule has 0 aromatic carbocycles. The minimum atomic E-state index is -1.21. The molecule has 0 bridgehead atoms. The lowest BCUT2D eigenvalue weighted by Gasteiger charge is -2.03. The second-order valence-electron chi connectivity index (χ2n) is 5.57. The average molecular weight is 458 g/mol. The van der Waals surface area contributed by atoms with E-state index in [-0.39, 0.29) is 13.0 Å². The first-order valence-electron chi connectivity index (χ1n) is 8.63. The zero-order chi connectivity index (χ0) is 25.6. The van der Waals surface area contributed by atoms with Crippen molar-refractivity contribution in [3.8, 4) is 0 Å². The second kappa shape index (κ2) is 23.4. The molecule has 16 nitrogen and oxygen atoms in total. The summed E-state index contributed by atoms with van der Waals surface area (Å²) in [5.74, 6) is -5.00. The molecule has 3 atom stereocenters. The van der Waals surface area contributed by atoms with E-state index in [0.29, 0.717) is 13.0 Å². The Morgan fingerprint density at radius 1 is 0.710 bits per heavy atom. The number of primary amides is 1. The van der Waals surface area contributed by atoms with Gasteiger partial charge in [0.05, 0.1) is 19.6 Å². The highest BCUT2D eigenvalue weighted by atomic mass is 16.4. The number of rotatable bonds is 11. The van der Waals surface area contributed by atoms with E-state index in [0.717, 1.165) is 12.8 Å². The predicted octanol–water partition coefficient (Wildman–Crippen LogP) is -4.78. The van der Waals surface area contributed by atoms with Gasteiger partial charge in [0.25, 0.3) is 0 Å². The number of amides is 1. The molecule has 1 amide bonds. The van der Waals surface area contributed by atoms with Crippen LogP contribution in [0.2, 0.25) is 0 Å². The minimum absolute atomic E-state index is 0.278. The topological polar surface area (TPSA) is 343 Å². The highest BCUT2D eigenvalue weighted by Gasteiger charge is 2.13. The molecule has 0 heterocycles. The van der Waals surface area contributed by atoms with Crippen molar-refractivity contribution in [2.75, 3.05) is 19.7 Å². The van der Waals surface area contributed by atoms with Crippen LogP contribution >= 0.6 is 0 Å². The van der Waals surface area contributed by atoms with Crippen LogP contribution in [0.25, 0.3) is 0 Å². The fourth-order valence-electron chi connectivity index (χ4n) is 1.01. The van der Waals surface area contributed by atoms with Gasteiger partial charge in [0.15, 0.2) is 0 Å². The SMILES string of the molecule is NC(=O)C[C@H](N)C(=O)O.NCC(=O)O.NCCCC[C@H](N)C(=O)O.N[C@@H](CO)C(=O)O. The van der Waals surface area contributed by atoms with Crippen molar-refractivity contribution in [1.82, 2.24) is 0 Å². The van der Waals surface area contributed by atoms with E-state index in [2.05, 4.69) is 11.5 Å². The number of unbranched alkanes of at least 4 members (excludes halogenated alkanes) is 1. The Bertz CT molecular complexity index is 534. The third-order valence-corrected chi connectivity index (χ3v) is 2.71. The van der Waals surface area contributed by atoms with Gasteiger partial charge in [0.2, 0.25) is 5.91 Å². The first-order chi connectivity index (χ1) is 14.2. The number of nitrogens with two attached hydrogens (primary N) is 6. The molecule has 0 saturated carbocycles. The molecule has 0 aliphatic rings. The number of hydrogen-bond acceptors (Lipinski definition) is 11. The van der Waals surface area contributed by atoms with E-state index in [9.17, 15) is 24.0 Å². The standard InChI is InChI=1S/C6H14N2O2.C4H8N2O3.C3H7NO3.C2H5NO2/c7-4-2-1-3-5(8)6(9)10;5-2(4(8)9)1-3(6)7;4-2(1-5)3(6)7;3-1-2(4)5/h5H,1-4,7-8H2,(H,9,10);2H,1,5H2,(H2,6,7)(H,8,9);2,5H,1,4H2,(H,6,7);1,3H2,(H,4,5)/t5-;2*2-;/m000./s1.